The van der Waals surface area contributed by atoms with Crippen LogP contribution in [0.1, 0.15) is 50.8 Å². The molecule has 1 aliphatic rings. The molecule has 1 unspecified atom stereocenters. The Labute approximate surface area is 112 Å². The highest BCUT2D eigenvalue weighted by Crippen LogP contribution is 2.39. The molecule has 106 valence electrons. The summed E-state index contributed by atoms with van der Waals surface area (Å²) in [6, 6.07) is 5.86. The fourth-order valence-corrected chi connectivity index (χ4v) is 2.84. The normalized spacial score (nSPS) is 21.9. The Hall–Kier alpha value is -1.03. The quantitative estimate of drug-likeness (QED) is 0.719. The van der Waals surface area contributed by atoms with Crippen molar-refractivity contribution < 1.29 is 13.2 Å². The molecule has 0 aliphatic carbocycles. The summed E-state index contributed by atoms with van der Waals surface area (Å²) >= 11 is 0. The minimum absolute atomic E-state index is 0.0184. The maximum atomic E-state index is 12.8. The second-order valence-corrected chi connectivity index (χ2v) is 6.15. The number of hydrogen-bond donors (Lipinski definition) is 0. The van der Waals surface area contributed by atoms with Gasteiger partial charge in [-0.2, -0.15) is 13.2 Å². The monoisotopic (exact) mass is 271 g/mol. The highest BCUT2D eigenvalue weighted by Gasteiger charge is 2.35. The van der Waals surface area contributed by atoms with Gasteiger partial charge in [0, 0.05) is 11.6 Å². The van der Waals surface area contributed by atoms with Gasteiger partial charge >= 0.3 is 6.18 Å². The Morgan fingerprint density at radius 3 is 2.42 bits per heavy atom. The standard InChI is InChI=1S/C15H20F3N/c1-14(2,3)19-9-5-8-13(19)11-6-4-7-12(10-11)15(16,17)18/h4,6-7,10,13H,5,8-9H2,1-3H3. The van der Waals surface area contributed by atoms with Crippen LogP contribution in [0.5, 0.6) is 0 Å². The fourth-order valence-electron chi connectivity index (χ4n) is 2.84. The first-order valence-electron chi connectivity index (χ1n) is 6.63. The van der Waals surface area contributed by atoms with Gasteiger partial charge in [0.25, 0.3) is 0 Å². The average molecular weight is 271 g/mol. The Balaban J connectivity index is 2.32. The van der Waals surface area contributed by atoms with E-state index >= 15 is 0 Å². The van der Waals surface area contributed by atoms with Gasteiger partial charge in [0.2, 0.25) is 0 Å². The van der Waals surface area contributed by atoms with Gasteiger partial charge in [-0.1, -0.05) is 12.1 Å². The number of benzene rings is 1. The lowest BCUT2D eigenvalue weighted by atomic mass is 9.98. The molecule has 4 heteroatoms. The van der Waals surface area contributed by atoms with Crippen LogP contribution in [-0.4, -0.2) is 17.0 Å². The molecule has 1 saturated heterocycles. The second-order valence-electron chi connectivity index (χ2n) is 6.15. The van der Waals surface area contributed by atoms with Crippen LogP contribution in [0, 0.1) is 0 Å². The van der Waals surface area contributed by atoms with Gasteiger partial charge in [0.15, 0.2) is 0 Å². The van der Waals surface area contributed by atoms with Crippen molar-refractivity contribution in [2.45, 2.75) is 51.4 Å². The Bertz CT molecular complexity index is 445. The van der Waals surface area contributed by atoms with Crippen molar-refractivity contribution in [2.75, 3.05) is 6.54 Å². The molecule has 1 atom stereocenters. The van der Waals surface area contributed by atoms with Crippen LogP contribution in [-0.2, 0) is 6.18 Å². The zero-order valence-corrected chi connectivity index (χ0v) is 11.6. The first-order valence-corrected chi connectivity index (χ1v) is 6.63. The number of nitrogens with zero attached hydrogens (tertiary/aromatic N) is 1. The molecule has 0 spiro atoms. The summed E-state index contributed by atoms with van der Waals surface area (Å²) in [7, 11) is 0. The Kier molecular flexibility index (Phi) is 3.65. The highest BCUT2D eigenvalue weighted by atomic mass is 19.4. The van der Waals surface area contributed by atoms with Crippen LogP contribution in [0.3, 0.4) is 0 Å². The van der Waals surface area contributed by atoms with E-state index in [1.807, 2.05) is 6.07 Å². The van der Waals surface area contributed by atoms with Crippen LogP contribution in [0.4, 0.5) is 13.2 Å². The van der Waals surface area contributed by atoms with E-state index in [1.165, 1.54) is 12.1 Å². The number of rotatable bonds is 1. The minimum atomic E-state index is -4.26. The van der Waals surface area contributed by atoms with Crippen molar-refractivity contribution in [2.24, 2.45) is 0 Å². The third kappa shape index (κ3) is 3.11. The van der Waals surface area contributed by atoms with E-state index in [0.29, 0.717) is 0 Å². The SMILES string of the molecule is CC(C)(C)N1CCCC1c1cccc(C(F)(F)F)c1. The van der Waals surface area contributed by atoms with Crippen molar-refractivity contribution in [3.63, 3.8) is 0 Å². The molecule has 0 bridgehead atoms. The first kappa shape index (κ1) is 14.4. The van der Waals surface area contributed by atoms with Gasteiger partial charge < -0.3 is 0 Å². The Morgan fingerprint density at radius 1 is 1.16 bits per heavy atom. The maximum Gasteiger partial charge on any atom is 0.416 e. The molecule has 1 nitrogen and oxygen atoms in total. The minimum Gasteiger partial charge on any atom is -0.291 e. The molecular formula is C15H20F3N. The molecule has 0 radical (unpaired) electrons. The van der Waals surface area contributed by atoms with Crippen LogP contribution in [0.25, 0.3) is 0 Å². The average Bonchev–Trinajstić information content (AvgIpc) is 2.76. The molecule has 1 aromatic carbocycles. The molecule has 1 aromatic rings. The zero-order valence-electron chi connectivity index (χ0n) is 11.6. The summed E-state index contributed by atoms with van der Waals surface area (Å²) in [5, 5.41) is 0. The smallest absolute Gasteiger partial charge is 0.291 e. The summed E-state index contributed by atoms with van der Waals surface area (Å²) in [6.07, 6.45) is -2.29. The van der Waals surface area contributed by atoms with Crippen LogP contribution in [0.2, 0.25) is 0 Å². The Morgan fingerprint density at radius 2 is 1.84 bits per heavy atom. The molecule has 0 amide bonds. The molecule has 0 N–H and O–H groups in total. The molecule has 2 rings (SSSR count). The largest absolute Gasteiger partial charge is 0.416 e. The predicted molar refractivity (Wildman–Crippen MR) is 69.9 cm³/mol. The fraction of sp³-hybridized carbons (Fsp3) is 0.600. The van der Waals surface area contributed by atoms with Gasteiger partial charge in [-0.05, 0) is 57.9 Å². The van der Waals surface area contributed by atoms with Crippen molar-refractivity contribution in [3.05, 3.63) is 35.4 Å². The third-order valence-corrected chi connectivity index (χ3v) is 3.71. The second kappa shape index (κ2) is 4.82. The summed E-state index contributed by atoms with van der Waals surface area (Å²) < 4.78 is 38.3. The molecule has 19 heavy (non-hydrogen) atoms. The van der Waals surface area contributed by atoms with E-state index in [9.17, 15) is 13.2 Å². The van der Waals surface area contributed by atoms with Crippen molar-refractivity contribution in [3.8, 4) is 0 Å². The molecule has 0 saturated carbocycles. The zero-order chi connectivity index (χ0) is 14.3. The van der Waals surface area contributed by atoms with E-state index in [-0.39, 0.29) is 11.6 Å². The van der Waals surface area contributed by atoms with Crippen molar-refractivity contribution in [1.29, 1.82) is 0 Å². The number of alkyl halides is 3. The van der Waals surface area contributed by atoms with Gasteiger partial charge in [-0.15, -0.1) is 0 Å². The lowest BCUT2D eigenvalue weighted by Gasteiger charge is -2.37. The van der Waals surface area contributed by atoms with Gasteiger partial charge in [-0.3, -0.25) is 4.90 Å². The number of halogens is 3. The van der Waals surface area contributed by atoms with Crippen LogP contribution < -0.4 is 0 Å². The predicted octanol–water partition coefficient (Wildman–Crippen LogP) is 4.64. The molecule has 1 fully saturated rings. The summed E-state index contributed by atoms with van der Waals surface area (Å²) in [5.41, 5.74) is 0.211. The van der Waals surface area contributed by atoms with Gasteiger partial charge in [0.05, 0.1) is 5.56 Å². The van der Waals surface area contributed by atoms with Crippen molar-refractivity contribution in [1.82, 2.24) is 4.90 Å². The van der Waals surface area contributed by atoms with E-state index in [0.717, 1.165) is 31.0 Å². The topological polar surface area (TPSA) is 3.24 Å². The molecule has 1 heterocycles. The summed E-state index contributed by atoms with van der Waals surface area (Å²) in [5.74, 6) is 0. The van der Waals surface area contributed by atoms with Crippen LogP contribution >= 0.6 is 0 Å². The van der Waals surface area contributed by atoms with Gasteiger partial charge in [0.1, 0.15) is 0 Å². The van der Waals surface area contributed by atoms with E-state index < -0.39 is 11.7 Å². The van der Waals surface area contributed by atoms with E-state index in [1.54, 1.807) is 0 Å². The summed E-state index contributed by atoms with van der Waals surface area (Å²) in [6.45, 7) is 7.28. The lowest BCUT2D eigenvalue weighted by Crippen LogP contribution is -2.40. The summed E-state index contributed by atoms with van der Waals surface area (Å²) in [4.78, 5) is 2.29. The van der Waals surface area contributed by atoms with E-state index in [4.69, 9.17) is 0 Å². The molecular weight excluding hydrogens is 251 g/mol. The molecule has 1 aliphatic heterocycles. The lowest BCUT2D eigenvalue weighted by molar-refractivity contribution is -0.137. The maximum absolute atomic E-state index is 12.8. The van der Waals surface area contributed by atoms with Gasteiger partial charge in [-0.25, -0.2) is 0 Å². The van der Waals surface area contributed by atoms with E-state index in [2.05, 4.69) is 25.7 Å². The number of likely N-dealkylation sites (tertiary alicyclic amines) is 1. The van der Waals surface area contributed by atoms with Crippen LogP contribution in [0.15, 0.2) is 24.3 Å². The third-order valence-electron chi connectivity index (χ3n) is 3.71. The number of hydrogen-bond acceptors (Lipinski definition) is 1. The van der Waals surface area contributed by atoms with Crippen molar-refractivity contribution >= 4 is 0 Å². The first-order chi connectivity index (χ1) is 8.69. The highest BCUT2D eigenvalue weighted by molar-refractivity contribution is 5.29. The molecule has 0 aromatic heterocycles.